The molecule has 2 aromatic rings. The van der Waals surface area contributed by atoms with E-state index >= 15 is 0 Å². The summed E-state index contributed by atoms with van der Waals surface area (Å²) < 4.78 is 19.0. The molecule has 0 aliphatic rings. The zero-order valence-corrected chi connectivity index (χ0v) is 18.6. The van der Waals surface area contributed by atoms with E-state index in [0.717, 1.165) is 29.4 Å². The van der Waals surface area contributed by atoms with Crippen molar-refractivity contribution < 1.29 is 18.9 Å². The molecule has 1 aromatic carbocycles. The molecule has 0 spiro atoms. The van der Waals surface area contributed by atoms with Crippen LogP contribution in [0.15, 0.2) is 18.2 Å². The number of nitrogens with zero attached hydrogens (tertiary/aromatic N) is 2. The van der Waals surface area contributed by atoms with Gasteiger partial charge in [0.15, 0.2) is 0 Å². The summed E-state index contributed by atoms with van der Waals surface area (Å²) in [4.78, 5) is 20.9. The number of hydrogen-bond donors (Lipinski definition) is 2. The summed E-state index contributed by atoms with van der Waals surface area (Å²) in [6.45, 7) is 13.8. The summed E-state index contributed by atoms with van der Waals surface area (Å²) in [6, 6.07) is 5.43. The van der Waals surface area contributed by atoms with Crippen LogP contribution in [0.5, 0.6) is 5.75 Å². The third-order valence-corrected chi connectivity index (χ3v) is 4.90. The van der Waals surface area contributed by atoms with E-state index in [9.17, 15) is 14.4 Å². The molecular weight excluding hydrogens is 363 g/mol. The van der Waals surface area contributed by atoms with Gasteiger partial charge in [-0.2, -0.15) is 0 Å². The van der Waals surface area contributed by atoms with E-state index in [4.69, 9.17) is 4.52 Å². The number of phosphoric ester groups is 1. The van der Waals surface area contributed by atoms with Crippen molar-refractivity contribution in [2.24, 2.45) is 0 Å². The van der Waals surface area contributed by atoms with Gasteiger partial charge >= 0.3 is 7.82 Å². The van der Waals surface area contributed by atoms with Gasteiger partial charge in [-0.15, -0.1) is 0 Å². The maximum atomic E-state index is 11.6. The second-order valence-corrected chi connectivity index (χ2v) is 10.5. The topological polar surface area (TPSA) is 74.9 Å². The molecule has 27 heavy (non-hydrogen) atoms. The third-order valence-electron chi connectivity index (χ3n) is 4.46. The number of benzene rings is 1. The first-order valence-electron chi connectivity index (χ1n) is 9.20. The van der Waals surface area contributed by atoms with Gasteiger partial charge in [0.1, 0.15) is 5.75 Å². The lowest BCUT2D eigenvalue weighted by molar-refractivity contribution is 0.284. The summed E-state index contributed by atoms with van der Waals surface area (Å²) in [5, 5.41) is 0.794. The van der Waals surface area contributed by atoms with Gasteiger partial charge in [-0.25, -0.2) is 4.57 Å². The molecule has 0 saturated carbocycles. The fraction of sp³-hybridized carbons (Fsp3) is 0.600. The molecular formula is C20H33N2O4P. The maximum absolute atomic E-state index is 11.6. The fourth-order valence-corrected chi connectivity index (χ4v) is 4.06. The molecule has 2 N–H and O–H groups in total. The van der Waals surface area contributed by atoms with Crippen LogP contribution < -0.4 is 4.52 Å². The van der Waals surface area contributed by atoms with Crippen molar-refractivity contribution >= 4 is 18.7 Å². The SMILES string of the molecule is CN(C)CCc1c(C(C)(C)C)n(C(C)(C)C)c2cccc(OP(=O)(O)O)c12. The monoisotopic (exact) mass is 396 g/mol. The van der Waals surface area contributed by atoms with Crippen LogP contribution in [0.2, 0.25) is 0 Å². The van der Waals surface area contributed by atoms with E-state index in [1.54, 1.807) is 12.1 Å². The molecule has 0 bridgehead atoms. The van der Waals surface area contributed by atoms with Crippen molar-refractivity contribution in [2.75, 3.05) is 20.6 Å². The Morgan fingerprint density at radius 3 is 2.15 bits per heavy atom. The van der Waals surface area contributed by atoms with Crippen molar-refractivity contribution in [2.45, 2.75) is 58.9 Å². The van der Waals surface area contributed by atoms with Crippen molar-refractivity contribution in [3.63, 3.8) is 0 Å². The van der Waals surface area contributed by atoms with Crippen molar-refractivity contribution in [1.29, 1.82) is 0 Å². The lowest BCUT2D eigenvalue weighted by Crippen LogP contribution is -2.30. The maximum Gasteiger partial charge on any atom is 0.524 e. The lowest BCUT2D eigenvalue weighted by Gasteiger charge is -2.32. The highest BCUT2D eigenvalue weighted by Crippen LogP contribution is 2.46. The van der Waals surface area contributed by atoms with Gasteiger partial charge in [0.05, 0.1) is 5.52 Å². The Labute approximate surface area is 162 Å². The molecule has 0 unspecified atom stereocenters. The Bertz CT molecular complexity index is 867. The molecule has 152 valence electrons. The van der Waals surface area contributed by atoms with Crippen molar-refractivity contribution in [3.8, 4) is 5.75 Å². The molecule has 1 aromatic heterocycles. The van der Waals surface area contributed by atoms with Crippen LogP contribution in [0, 0.1) is 0 Å². The minimum absolute atomic E-state index is 0.145. The highest BCUT2D eigenvalue weighted by atomic mass is 31.2. The molecule has 0 amide bonds. The second kappa shape index (κ2) is 7.25. The van der Waals surface area contributed by atoms with Crippen LogP contribution in [0.25, 0.3) is 10.9 Å². The Morgan fingerprint density at radius 1 is 1.11 bits per heavy atom. The number of rotatable bonds is 5. The Balaban J connectivity index is 2.95. The lowest BCUT2D eigenvalue weighted by atomic mass is 9.86. The second-order valence-electron chi connectivity index (χ2n) is 9.37. The van der Waals surface area contributed by atoms with E-state index in [2.05, 4.69) is 51.0 Å². The summed E-state index contributed by atoms with van der Waals surface area (Å²) in [5.74, 6) is 0.239. The first kappa shape index (κ1) is 22.0. The molecule has 1 heterocycles. The smallest absolute Gasteiger partial charge is 0.404 e. The molecule has 0 radical (unpaired) electrons. The van der Waals surface area contributed by atoms with Gasteiger partial charge in [0.25, 0.3) is 0 Å². The van der Waals surface area contributed by atoms with Crippen molar-refractivity contribution in [3.05, 3.63) is 29.5 Å². The Hall–Kier alpha value is -1.33. The number of fused-ring (bicyclic) bond motifs is 1. The molecule has 0 aliphatic heterocycles. The van der Waals surface area contributed by atoms with E-state index in [0.29, 0.717) is 0 Å². The quantitative estimate of drug-likeness (QED) is 0.739. The number of likely N-dealkylation sites (N-methyl/N-ethyl adjacent to an activating group) is 1. The highest BCUT2D eigenvalue weighted by Gasteiger charge is 2.33. The van der Waals surface area contributed by atoms with Gasteiger partial charge in [0.2, 0.25) is 0 Å². The van der Waals surface area contributed by atoms with Gasteiger partial charge in [0, 0.05) is 28.6 Å². The predicted molar refractivity (Wildman–Crippen MR) is 111 cm³/mol. The zero-order valence-electron chi connectivity index (χ0n) is 17.7. The molecule has 7 heteroatoms. The van der Waals surface area contributed by atoms with Crippen LogP contribution in [0.3, 0.4) is 0 Å². The first-order chi connectivity index (χ1) is 12.1. The average Bonchev–Trinajstić information content (AvgIpc) is 2.78. The molecule has 2 rings (SSSR count). The standard InChI is InChI=1S/C20H33N2O4P/c1-19(2,3)18-14(12-13-21(7)8)17-15(22(18)20(4,5)6)10-9-11-16(17)26-27(23,24)25/h9-11H,12-13H2,1-8H3,(H2,23,24,25). The summed E-state index contributed by atoms with van der Waals surface area (Å²) in [7, 11) is -0.616. The minimum atomic E-state index is -4.66. The van der Waals surface area contributed by atoms with Crippen LogP contribution in [-0.4, -0.2) is 39.9 Å². The van der Waals surface area contributed by atoms with E-state index < -0.39 is 7.82 Å². The Morgan fingerprint density at radius 2 is 1.70 bits per heavy atom. The fourth-order valence-electron chi connectivity index (χ4n) is 3.65. The highest BCUT2D eigenvalue weighted by molar-refractivity contribution is 7.46. The van der Waals surface area contributed by atoms with Crippen molar-refractivity contribution in [1.82, 2.24) is 9.47 Å². The van der Waals surface area contributed by atoms with Gasteiger partial charge in [-0.3, -0.25) is 9.79 Å². The molecule has 0 saturated heterocycles. The first-order valence-corrected chi connectivity index (χ1v) is 10.7. The van der Waals surface area contributed by atoms with Crippen LogP contribution in [0.1, 0.15) is 52.8 Å². The predicted octanol–water partition coefficient (Wildman–Crippen LogP) is 4.27. The van der Waals surface area contributed by atoms with Gasteiger partial charge in [-0.05, 0) is 59.0 Å². The summed E-state index contributed by atoms with van der Waals surface area (Å²) in [5.41, 5.74) is 2.86. The van der Waals surface area contributed by atoms with Crippen LogP contribution >= 0.6 is 7.82 Å². The van der Waals surface area contributed by atoms with Crippen LogP contribution in [-0.2, 0) is 21.9 Å². The summed E-state index contributed by atoms with van der Waals surface area (Å²) in [6.07, 6.45) is 0.765. The molecule has 0 atom stereocenters. The minimum Gasteiger partial charge on any atom is -0.404 e. The number of aromatic nitrogens is 1. The Kier molecular flexibility index (Phi) is 5.90. The number of phosphoric acid groups is 1. The average molecular weight is 396 g/mol. The zero-order chi connectivity index (χ0) is 20.8. The number of hydrogen-bond acceptors (Lipinski definition) is 3. The van der Waals surface area contributed by atoms with E-state index in [1.807, 2.05) is 20.2 Å². The largest absolute Gasteiger partial charge is 0.524 e. The molecule has 0 aliphatic carbocycles. The van der Waals surface area contributed by atoms with Gasteiger partial charge < -0.3 is 14.0 Å². The summed E-state index contributed by atoms with van der Waals surface area (Å²) >= 11 is 0. The van der Waals surface area contributed by atoms with E-state index in [1.165, 1.54) is 5.69 Å². The molecule has 0 fully saturated rings. The van der Waals surface area contributed by atoms with E-state index in [-0.39, 0.29) is 16.7 Å². The normalized spacial score (nSPS) is 13.6. The van der Waals surface area contributed by atoms with Crippen LogP contribution in [0.4, 0.5) is 0 Å². The third kappa shape index (κ3) is 4.94. The molecule has 6 nitrogen and oxygen atoms in total. The van der Waals surface area contributed by atoms with Gasteiger partial charge in [-0.1, -0.05) is 26.8 Å².